The second-order valence-corrected chi connectivity index (χ2v) is 7.32. The molecule has 1 nitrogen and oxygen atoms in total. The summed E-state index contributed by atoms with van der Waals surface area (Å²) in [5, 5.41) is 3.28. The van der Waals surface area contributed by atoms with Crippen molar-refractivity contribution in [2.75, 3.05) is 13.6 Å². The molecule has 0 heterocycles. The average molecular weight is 265 g/mol. The lowest BCUT2D eigenvalue weighted by molar-refractivity contribution is 0.135. The Labute approximate surface area is 120 Å². The highest BCUT2D eigenvalue weighted by molar-refractivity contribution is 4.88. The van der Waals surface area contributed by atoms with Gasteiger partial charge in [0.1, 0.15) is 0 Å². The smallest absolute Gasteiger partial charge is 0.00518 e. The van der Waals surface area contributed by atoms with E-state index in [0.29, 0.717) is 0 Å². The van der Waals surface area contributed by atoms with E-state index in [2.05, 4.69) is 26.2 Å². The second kappa shape index (κ2) is 7.67. The van der Waals surface area contributed by atoms with E-state index in [-0.39, 0.29) is 0 Å². The number of hydrogen-bond donors (Lipinski definition) is 1. The molecule has 2 fully saturated rings. The molecule has 19 heavy (non-hydrogen) atoms. The van der Waals surface area contributed by atoms with Crippen molar-refractivity contribution in [2.24, 2.45) is 29.6 Å². The van der Waals surface area contributed by atoms with Crippen LogP contribution in [-0.4, -0.2) is 13.6 Å². The van der Waals surface area contributed by atoms with Gasteiger partial charge in [0.2, 0.25) is 0 Å². The van der Waals surface area contributed by atoms with Crippen LogP contribution < -0.4 is 5.32 Å². The highest BCUT2D eigenvalue weighted by Crippen LogP contribution is 2.48. The Hall–Kier alpha value is -0.0400. The minimum atomic E-state index is 0.956. The maximum atomic E-state index is 3.28. The summed E-state index contributed by atoms with van der Waals surface area (Å²) in [6.07, 6.45) is 13.4. The van der Waals surface area contributed by atoms with Gasteiger partial charge in [-0.05, 0) is 75.3 Å². The summed E-state index contributed by atoms with van der Waals surface area (Å²) in [7, 11) is 2.07. The van der Waals surface area contributed by atoms with E-state index < -0.39 is 0 Å². The van der Waals surface area contributed by atoms with E-state index in [1.807, 2.05) is 0 Å². The molecule has 1 N–H and O–H groups in total. The highest BCUT2D eigenvalue weighted by atomic mass is 14.8. The summed E-state index contributed by atoms with van der Waals surface area (Å²) in [5.41, 5.74) is 0. The highest BCUT2D eigenvalue weighted by Gasteiger charge is 2.37. The molecule has 0 aromatic carbocycles. The van der Waals surface area contributed by atoms with Crippen LogP contribution in [0, 0.1) is 29.6 Å². The maximum absolute atomic E-state index is 3.28. The molecule has 0 aromatic heterocycles. The molecule has 0 aliphatic heterocycles. The minimum absolute atomic E-state index is 0.956. The minimum Gasteiger partial charge on any atom is -0.320 e. The SMILES string of the molecule is CCC(C1CCC1)C1CCC(C(C)CCCNC)C1. The summed E-state index contributed by atoms with van der Waals surface area (Å²) < 4.78 is 0. The summed E-state index contributed by atoms with van der Waals surface area (Å²) in [6.45, 7) is 6.14. The Morgan fingerprint density at radius 1 is 1.05 bits per heavy atom. The molecular formula is C18H35N. The van der Waals surface area contributed by atoms with Crippen LogP contribution in [-0.2, 0) is 0 Å². The predicted octanol–water partition coefficient (Wildman–Crippen LogP) is 4.86. The van der Waals surface area contributed by atoms with E-state index in [9.17, 15) is 0 Å². The van der Waals surface area contributed by atoms with Crippen molar-refractivity contribution in [1.29, 1.82) is 0 Å². The van der Waals surface area contributed by atoms with Gasteiger partial charge in [-0.1, -0.05) is 39.5 Å². The Kier molecular flexibility index (Phi) is 6.19. The van der Waals surface area contributed by atoms with Crippen molar-refractivity contribution in [1.82, 2.24) is 5.32 Å². The number of hydrogen-bond acceptors (Lipinski definition) is 1. The fourth-order valence-corrected chi connectivity index (χ4v) is 4.71. The zero-order valence-corrected chi connectivity index (χ0v) is 13.5. The van der Waals surface area contributed by atoms with Gasteiger partial charge in [0.25, 0.3) is 0 Å². The molecular weight excluding hydrogens is 230 g/mol. The molecule has 0 aromatic rings. The predicted molar refractivity (Wildman–Crippen MR) is 84.3 cm³/mol. The van der Waals surface area contributed by atoms with Crippen molar-refractivity contribution >= 4 is 0 Å². The van der Waals surface area contributed by atoms with Gasteiger partial charge in [0.05, 0.1) is 0 Å². The zero-order valence-electron chi connectivity index (χ0n) is 13.5. The molecule has 112 valence electrons. The van der Waals surface area contributed by atoms with Crippen LogP contribution in [0.2, 0.25) is 0 Å². The van der Waals surface area contributed by atoms with Crippen molar-refractivity contribution in [2.45, 2.75) is 71.6 Å². The largest absolute Gasteiger partial charge is 0.320 e. The van der Waals surface area contributed by atoms with Crippen LogP contribution in [0.15, 0.2) is 0 Å². The van der Waals surface area contributed by atoms with Gasteiger partial charge in [-0.15, -0.1) is 0 Å². The summed E-state index contributed by atoms with van der Waals surface area (Å²) in [4.78, 5) is 0. The molecule has 0 amide bonds. The van der Waals surface area contributed by atoms with E-state index in [4.69, 9.17) is 0 Å². The van der Waals surface area contributed by atoms with Gasteiger partial charge in [-0.3, -0.25) is 0 Å². The third kappa shape index (κ3) is 3.97. The first-order chi connectivity index (χ1) is 9.26. The maximum Gasteiger partial charge on any atom is -0.00518 e. The van der Waals surface area contributed by atoms with Crippen LogP contribution in [0.4, 0.5) is 0 Å². The molecule has 2 aliphatic rings. The number of rotatable bonds is 8. The average Bonchev–Trinajstić information content (AvgIpc) is 2.83. The summed E-state index contributed by atoms with van der Waals surface area (Å²) in [5.74, 6) is 5.25. The Morgan fingerprint density at radius 2 is 1.79 bits per heavy atom. The van der Waals surface area contributed by atoms with Crippen molar-refractivity contribution in [3.8, 4) is 0 Å². The van der Waals surface area contributed by atoms with Gasteiger partial charge in [-0.2, -0.15) is 0 Å². The number of nitrogens with one attached hydrogen (secondary N) is 1. The van der Waals surface area contributed by atoms with Crippen molar-refractivity contribution in [3.05, 3.63) is 0 Å². The van der Waals surface area contributed by atoms with Crippen molar-refractivity contribution in [3.63, 3.8) is 0 Å². The third-order valence-electron chi connectivity index (χ3n) is 6.24. The van der Waals surface area contributed by atoms with E-state index in [0.717, 1.165) is 29.6 Å². The molecule has 4 atom stereocenters. The van der Waals surface area contributed by atoms with Gasteiger partial charge in [0.15, 0.2) is 0 Å². The van der Waals surface area contributed by atoms with Crippen LogP contribution in [0.3, 0.4) is 0 Å². The molecule has 0 radical (unpaired) electrons. The van der Waals surface area contributed by atoms with E-state index in [1.165, 1.54) is 57.9 Å². The summed E-state index contributed by atoms with van der Waals surface area (Å²) >= 11 is 0. The second-order valence-electron chi connectivity index (χ2n) is 7.32. The molecule has 0 spiro atoms. The van der Waals surface area contributed by atoms with Crippen LogP contribution in [0.25, 0.3) is 0 Å². The van der Waals surface area contributed by atoms with E-state index in [1.54, 1.807) is 6.42 Å². The van der Waals surface area contributed by atoms with Crippen LogP contribution in [0.5, 0.6) is 0 Å². The molecule has 2 rings (SSSR count). The molecule has 2 aliphatic carbocycles. The fraction of sp³-hybridized carbons (Fsp3) is 1.00. The Bertz CT molecular complexity index is 246. The van der Waals surface area contributed by atoms with Gasteiger partial charge >= 0.3 is 0 Å². The molecule has 0 saturated heterocycles. The normalized spacial score (nSPS) is 31.1. The third-order valence-corrected chi connectivity index (χ3v) is 6.24. The molecule has 0 bridgehead atoms. The van der Waals surface area contributed by atoms with Crippen LogP contribution in [0.1, 0.15) is 71.6 Å². The Balaban J connectivity index is 1.74. The monoisotopic (exact) mass is 265 g/mol. The molecule has 1 heteroatoms. The van der Waals surface area contributed by atoms with E-state index >= 15 is 0 Å². The lowest BCUT2D eigenvalue weighted by atomic mass is 9.68. The summed E-state index contributed by atoms with van der Waals surface area (Å²) in [6, 6.07) is 0. The standard InChI is InChI=1S/C18H35N/c1-4-18(15-8-5-9-15)17-11-10-16(13-17)14(2)7-6-12-19-3/h14-19H,4-13H2,1-3H3. The first-order valence-corrected chi connectivity index (χ1v) is 8.90. The van der Waals surface area contributed by atoms with Gasteiger partial charge in [0, 0.05) is 0 Å². The zero-order chi connectivity index (χ0) is 13.7. The Morgan fingerprint density at radius 3 is 2.37 bits per heavy atom. The lowest BCUT2D eigenvalue weighted by Crippen LogP contribution is -2.27. The first-order valence-electron chi connectivity index (χ1n) is 8.90. The fourth-order valence-electron chi connectivity index (χ4n) is 4.71. The quantitative estimate of drug-likeness (QED) is 0.618. The van der Waals surface area contributed by atoms with Crippen LogP contribution >= 0.6 is 0 Å². The van der Waals surface area contributed by atoms with Gasteiger partial charge in [-0.25, -0.2) is 0 Å². The van der Waals surface area contributed by atoms with Gasteiger partial charge < -0.3 is 5.32 Å². The van der Waals surface area contributed by atoms with Crippen molar-refractivity contribution < 1.29 is 0 Å². The first kappa shape index (κ1) is 15.4. The topological polar surface area (TPSA) is 12.0 Å². The molecule has 4 unspecified atom stereocenters. The molecule has 2 saturated carbocycles. The lowest BCUT2D eigenvalue weighted by Gasteiger charge is -2.37.